The summed E-state index contributed by atoms with van der Waals surface area (Å²) in [5.41, 5.74) is 0.820. The summed E-state index contributed by atoms with van der Waals surface area (Å²) in [5, 5.41) is -0.507. The summed E-state index contributed by atoms with van der Waals surface area (Å²) in [6, 6.07) is 9.96. The third kappa shape index (κ3) is 4.63. The summed E-state index contributed by atoms with van der Waals surface area (Å²) in [4.78, 5) is 32.2. The molecule has 1 aromatic heterocycles. The highest BCUT2D eigenvalue weighted by Crippen LogP contribution is 2.36. The topological polar surface area (TPSA) is 62.7 Å². The van der Waals surface area contributed by atoms with Crippen molar-refractivity contribution in [1.29, 1.82) is 0 Å². The number of hydrogen-bond donors (Lipinski definition) is 0. The fraction of sp³-hybridized carbons (Fsp3) is 0.278. The van der Waals surface area contributed by atoms with Gasteiger partial charge in [-0.05, 0) is 12.1 Å². The van der Waals surface area contributed by atoms with Crippen LogP contribution >= 0.6 is 46.4 Å². The molecule has 0 radical (unpaired) electrons. The second-order valence-corrected chi connectivity index (χ2v) is 7.46. The van der Waals surface area contributed by atoms with E-state index in [9.17, 15) is 9.59 Å². The molecule has 10 heteroatoms. The predicted molar refractivity (Wildman–Crippen MR) is 110 cm³/mol. The van der Waals surface area contributed by atoms with Crippen LogP contribution in [0.3, 0.4) is 0 Å². The molecule has 0 unspecified atom stereocenters. The van der Waals surface area contributed by atoms with Gasteiger partial charge in [-0.2, -0.15) is 0 Å². The number of benzene rings is 1. The summed E-state index contributed by atoms with van der Waals surface area (Å²) >= 11 is 23.5. The van der Waals surface area contributed by atoms with E-state index in [1.54, 1.807) is 4.90 Å². The van der Waals surface area contributed by atoms with Gasteiger partial charge in [0.1, 0.15) is 5.15 Å². The summed E-state index contributed by atoms with van der Waals surface area (Å²) < 4.78 is 5.03. The van der Waals surface area contributed by atoms with Crippen LogP contribution in [-0.2, 0) is 9.53 Å². The first-order valence-corrected chi connectivity index (χ1v) is 9.84. The number of aromatic nitrogens is 1. The predicted octanol–water partition coefficient (Wildman–Crippen LogP) is 4.20. The summed E-state index contributed by atoms with van der Waals surface area (Å²) in [6.45, 7) is 2.02. The van der Waals surface area contributed by atoms with Gasteiger partial charge in [0.2, 0.25) is 0 Å². The van der Waals surface area contributed by atoms with Crippen molar-refractivity contribution in [2.75, 3.05) is 37.7 Å². The quantitative estimate of drug-likeness (QED) is 0.503. The lowest BCUT2D eigenvalue weighted by molar-refractivity contribution is -0.134. The molecule has 1 saturated heterocycles. The molecule has 0 bridgehead atoms. The second-order valence-electron chi connectivity index (χ2n) is 5.97. The van der Waals surface area contributed by atoms with Crippen molar-refractivity contribution in [2.24, 2.45) is 0 Å². The van der Waals surface area contributed by atoms with Crippen LogP contribution in [-0.4, -0.2) is 54.5 Å². The van der Waals surface area contributed by atoms with Crippen LogP contribution in [0.15, 0.2) is 30.3 Å². The first-order valence-electron chi connectivity index (χ1n) is 8.33. The third-order valence-electron chi connectivity index (χ3n) is 4.26. The molecule has 1 amide bonds. The number of amides is 1. The Balaban J connectivity index is 1.54. The number of carbonyl (C=O) groups excluding carboxylic acids is 2. The fourth-order valence-electron chi connectivity index (χ4n) is 2.76. The van der Waals surface area contributed by atoms with E-state index in [1.165, 1.54) is 0 Å². The number of carbonyl (C=O) groups is 2. The van der Waals surface area contributed by atoms with Gasteiger partial charge in [-0.15, -0.1) is 0 Å². The molecule has 0 saturated carbocycles. The van der Waals surface area contributed by atoms with E-state index >= 15 is 0 Å². The molecule has 1 aliphatic heterocycles. The van der Waals surface area contributed by atoms with Crippen molar-refractivity contribution in [3.63, 3.8) is 0 Å². The number of ether oxygens (including phenoxy) is 1. The average Bonchev–Trinajstić information content (AvgIpc) is 2.73. The lowest BCUT2D eigenvalue weighted by Crippen LogP contribution is -2.49. The molecule has 1 fully saturated rings. The Morgan fingerprint density at radius 3 is 2.21 bits per heavy atom. The first kappa shape index (κ1) is 21.0. The van der Waals surface area contributed by atoms with Gasteiger partial charge in [-0.1, -0.05) is 64.6 Å². The van der Waals surface area contributed by atoms with Crippen LogP contribution < -0.4 is 4.90 Å². The zero-order valence-corrected chi connectivity index (χ0v) is 17.5. The molecule has 1 aliphatic rings. The molecule has 2 aromatic rings. The van der Waals surface area contributed by atoms with Crippen LogP contribution in [0.5, 0.6) is 0 Å². The van der Waals surface area contributed by atoms with Crippen LogP contribution in [0.4, 0.5) is 5.69 Å². The van der Waals surface area contributed by atoms with Crippen LogP contribution in [0, 0.1) is 0 Å². The number of esters is 1. The van der Waals surface area contributed by atoms with Gasteiger partial charge in [-0.25, -0.2) is 9.78 Å². The normalized spacial score (nSPS) is 14.1. The number of para-hydroxylation sites is 1. The molecule has 2 heterocycles. The van der Waals surface area contributed by atoms with E-state index in [-0.39, 0.29) is 31.8 Å². The largest absolute Gasteiger partial charge is 0.451 e. The van der Waals surface area contributed by atoms with Gasteiger partial charge in [0.25, 0.3) is 5.91 Å². The number of rotatable bonds is 4. The lowest BCUT2D eigenvalue weighted by atomic mass is 10.2. The Morgan fingerprint density at radius 2 is 1.57 bits per heavy atom. The van der Waals surface area contributed by atoms with Crippen LogP contribution in [0.2, 0.25) is 20.2 Å². The maximum atomic E-state index is 12.4. The van der Waals surface area contributed by atoms with E-state index in [2.05, 4.69) is 9.88 Å². The minimum absolute atomic E-state index is 0.0581. The Hall–Kier alpha value is -1.73. The summed E-state index contributed by atoms with van der Waals surface area (Å²) in [5.74, 6) is -1.20. The van der Waals surface area contributed by atoms with Gasteiger partial charge in [-0.3, -0.25) is 4.79 Å². The Kier molecular flexibility index (Phi) is 6.88. The van der Waals surface area contributed by atoms with Crippen LogP contribution in [0.1, 0.15) is 10.5 Å². The smallest absolute Gasteiger partial charge is 0.359 e. The van der Waals surface area contributed by atoms with Crippen molar-refractivity contribution in [1.82, 2.24) is 9.88 Å². The minimum Gasteiger partial charge on any atom is -0.451 e. The molecule has 0 atom stereocenters. The molecule has 28 heavy (non-hydrogen) atoms. The van der Waals surface area contributed by atoms with Crippen molar-refractivity contribution in [3.05, 3.63) is 56.2 Å². The summed E-state index contributed by atoms with van der Waals surface area (Å²) in [7, 11) is 0. The molecule has 0 spiro atoms. The first-order chi connectivity index (χ1) is 13.4. The molecular weight excluding hydrogens is 448 g/mol. The molecule has 0 N–H and O–H groups in total. The Morgan fingerprint density at radius 1 is 0.929 bits per heavy atom. The highest BCUT2D eigenvalue weighted by molar-refractivity contribution is 6.52. The van der Waals surface area contributed by atoms with Crippen LogP contribution in [0.25, 0.3) is 0 Å². The SMILES string of the molecule is O=C(OCC(=O)N1CCN(c2ccccc2)CC1)c1nc(Cl)c(Cl)c(Cl)c1Cl. The third-order valence-corrected chi connectivity index (χ3v) is 5.94. The Bertz CT molecular complexity index is 887. The highest BCUT2D eigenvalue weighted by atomic mass is 35.5. The number of pyridine rings is 1. The molecule has 1 aromatic carbocycles. The lowest BCUT2D eigenvalue weighted by Gasteiger charge is -2.36. The molecule has 6 nitrogen and oxygen atoms in total. The van der Waals surface area contributed by atoms with Gasteiger partial charge >= 0.3 is 5.97 Å². The van der Waals surface area contributed by atoms with Gasteiger partial charge in [0.05, 0.1) is 15.1 Å². The van der Waals surface area contributed by atoms with Crippen molar-refractivity contribution in [3.8, 4) is 0 Å². The van der Waals surface area contributed by atoms with Crippen molar-refractivity contribution >= 4 is 64.0 Å². The van der Waals surface area contributed by atoms with Crippen molar-refractivity contribution in [2.45, 2.75) is 0 Å². The maximum absolute atomic E-state index is 12.4. The number of piperazine rings is 1. The zero-order chi connectivity index (χ0) is 20.3. The van der Waals surface area contributed by atoms with Gasteiger partial charge < -0.3 is 14.5 Å². The molecule has 3 rings (SSSR count). The van der Waals surface area contributed by atoms with E-state index in [4.69, 9.17) is 51.1 Å². The zero-order valence-electron chi connectivity index (χ0n) is 14.5. The molecule has 0 aliphatic carbocycles. The van der Waals surface area contributed by atoms with E-state index < -0.39 is 12.6 Å². The summed E-state index contributed by atoms with van der Waals surface area (Å²) in [6.07, 6.45) is 0. The number of hydrogen-bond acceptors (Lipinski definition) is 5. The van der Waals surface area contributed by atoms with E-state index in [1.807, 2.05) is 30.3 Å². The number of anilines is 1. The Labute approximate surface area is 181 Å². The van der Waals surface area contributed by atoms with Gasteiger partial charge in [0, 0.05) is 31.9 Å². The standard InChI is InChI=1S/C18H15Cl4N3O3/c19-13-14(20)16(23-17(22)15(13)21)18(27)28-10-12(26)25-8-6-24(7-9-25)11-4-2-1-3-5-11/h1-5H,6-10H2. The molecule has 148 valence electrons. The fourth-order valence-corrected chi connectivity index (χ4v) is 3.57. The van der Waals surface area contributed by atoms with E-state index in [0.29, 0.717) is 26.2 Å². The number of halogens is 4. The molecular formula is C18H15Cl4N3O3. The monoisotopic (exact) mass is 461 g/mol. The number of nitrogens with zero attached hydrogens (tertiary/aromatic N) is 3. The second kappa shape index (κ2) is 9.18. The van der Waals surface area contributed by atoms with Crippen molar-refractivity contribution < 1.29 is 14.3 Å². The van der Waals surface area contributed by atoms with E-state index in [0.717, 1.165) is 5.69 Å². The highest BCUT2D eigenvalue weighted by Gasteiger charge is 2.25. The van der Waals surface area contributed by atoms with Gasteiger partial charge in [0.15, 0.2) is 12.3 Å². The minimum atomic E-state index is -0.901. The maximum Gasteiger partial charge on any atom is 0.359 e. The average molecular weight is 463 g/mol.